The highest BCUT2D eigenvalue weighted by Crippen LogP contribution is 2.50. The molecule has 0 heterocycles. The molecule has 4 aliphatic rings. The lowest BCUT2D eigenvalue weighted by molar-refractivity contribution is -0.126. The van der Waals surface area contributed by atoms with Crippen LogP contribution in [0.5, 0.6) is 0 Å². The van der Waals surface area contributed by atoms with Crippen molar-refractivity contribution in [3.05, 3.63) is 173 Å². The number of hydrogen-bond donors (Lipinski definition) is 0. The Labute approximate surface area is 468 Å². The van der Waals surface area contributed by atoms with E-state index in [2.05, 4.69) is 80.3 Å². The molecule has 398 valence electrons. The van der Waals surface area contributed by atoms with Crippen LogP contribution in [0.1, 0.15) is 185 Å². The number of halogens is 8. The number of Topliss-reactive ketones (excluding diaryl/α,β-unsaturated/α-hetero) is 1. The standard InChI is InChI=1S/C17H22Cl2.C16H20Cl2.C16H20ClF.C15H18ClFO/c1-11(17(2,3)4)13-6-5-7-14(13)12-8-9-15(18)16(19)10-12;1-10(2)11(3)13-5-4-6-14(13)12-7-8-15(17)16(18)9-12;1-10(2)11(3)13-5-4-6-14(13)15-8-7-12(17)9-16(15)18;1-9(2)15(18)13-5-3-4-11(13)12-7-6-10(16)8-14(12)17/h8-10,13-14H,1,5-7H2,2-4H3;2*7-10,13-14H,3-6H2,1-2H3;6-9,11,13H,3-5H2,1-2H3/t2*13-,14-;13-,14+;11-,13+/m0110/s1. The van der Waals surface area contributed by atoms with Crippen molar-refractivity contribution in [2.45, 2.75) is 163 Å². The normalized spacial score (nSPS) is 23.6. The van der Waals surface area contributed by atoms with Crippen LogP contribution in [0.25, 0.3) is 0 Å². The van der Waals surface area contributed by atoms with Gasteiger partial charge in [0.2, 0.25) is 0 Å². The fourth-order valence-electron chi connectivity index (χ4n) is 12.0. The Hall–Kier alpha value is -2.63. The van der Waals surface area contributed by atoms with Crippen LogP contribution in [-0.4, -0.2) is 5.78 Å². The predicted octanol–water partition coefficient (Wildman–Crippen LogP) is 22.7. The number of carbonyl (C=O) groups excluding carboxylic acids is 1. The second-order valence-electron chi connectivity index (χ2n) is 23.0. The second kappa shape index (κ2) is 27.6. The van der Waals surface area contributed by atoms with Gasteiger partial charge in [0, 0.05) is 21.9 Å². The van der Waals surface area contributed by atoms with E-state index in [1.807, 2.05) is 44.2 Å². The number of benzene rings is 4. The smallest absolute Gasteiger partial charge is 0.139 e. The molecular formula is C64H80Cl6F2O. The Morgan fingerprint density at radius 1 is 0.466 bits per heavy atom. The predicted molar refractivity (Wildman–Crippen MR) is 312 cm³/mol. The minimum Gasteiger partial charge on any atom is -0.299 e. The van der Waals surface area contributed by atoms with E-state index in [0.29, 0.717) is 77.1 Å². The molecule has 1 nitrogen and oxygen atoms in total. The molecule has 0 N–H and O–H groups in total. The summed E-state index contributed by atoms with van der Waals surface area (Å²) in [5, 5.41) is 3.46. The van der Waals surface area contributed by atoms with Gasteiger partial charge in [0.15, 0.2) is 0 Å². The molecule has 9 heteroatoms. The molecule has 4 aliphatic carbocycles. The van der Waals surface area contributed by atoms with Crippen molar-refractivity contribution in [2.75, 3.05) is 0 Å². The van der Waals surface area contributed by atoms with Crippen LogP contribution >= 0.6 is 69.6 Å². The Morgan fingerprint density at radius 2 is 0.822 bits per heavy atom. The van der Waals surface area contributed by atoms with E-state index >= 15 is 0 Å². The Kier molecular flexibility index (Phi) is 23.2. The van der Waals surface area contributed by atoms with Crippen molar-refractivity contribution in [3.8, 4) is 0 Å². The molecule has 4 fully saturated rings. The maximum absolute atomic E-state index is 14.0. The summed E-state index contributed by atoms with van der Waals surface area (Å²) in [5.74, 6) is 3.81. The number of allylic oxidation sites excluding steroid dienone is 3. The first-order chi connectivity index (χ1) is 34.3. The lowest BCUT2D eigenvalue weighted by Gasteiger charge is -2.31. The zero-order valence-corrected chi connectivity index (χ0v) is 49.4. The second-order valence-corrected chi connectivity index (χ2v) is 25.5. The number of carbonyl (C=O) groups is 1. The minimum atomic E-state index is -0.282. The molecule has 0 saturated heterocycles. The van der Waals surface area contributed by atoms with Crippen molar-refractivity contribution in [2.24, 2.45) is 46.8 Å². The first-order valence-electron chi connectivity index (χ1n) is 26.7. The first kappa shape index (κ1) is 61.2. The summed E-state index contributed by atoms with van der Waals surface area (Å²) >= 11 is 35.9. The summed E-state index contributed by atoms with van der Waals surface area (Å²) < 4.78 is 28.0. The van der Waals surface area contributed by atoms with Crippen LogP contribution in [0.4, 0.5) is 8.78 Å². The molecule has 0 aromatic heterocycles. The van der Waals surface area contributed by atoms with Crippen molar-refractivity contribution < 1.29 is 13.6 Å². The molecule has 4 aromatic carbocycles. The van der Waals surface area contributed by atoms with Gasteiger partial charge >= 0.3 is 0 Å². The third kappa shape index (κ3) is 16.2. The third-order valence-corrected chi connectivity index (χ3v) is 18.3. The lowest BCUT2D eigenvalue weighted by Crippen LogP contribution is -2.22. The quantitative estimate of drug-likeness (QED) is 0.137. The number of hydrogen-bond acceptors (Lipinski definition) is 1. The zero-order valence-electron chi connectivity index (χ0n) is 44.8. The van der Waals surface area contributed by atoms with Crippen LogP contribution in [0.3, 0.4) is 0 Å². The average Bonchev–Trinajstić information content (AvgIpc) is 4.18. The van der Waals surface area contributed by atoms with Gasteiger partial charge in [-0.05, 0) is 181 Å². The van der Waals surface area contributed by atoms with E-state index in [-0.39, 0.29) is 46.5 Å². The average molecular weight is 1120 g/mol. The fraction of sp³-hybridized carbons (Fsp3) is 0.516. The summed E-state index contributed by atoms with van der Waals surface area (Å²) in [4.78, 5) is 12.2. The van der Waals surface area contributed by atoms with Crippen LogP contribution in [-0.2, 0) is 4.79 Å². The molecule has 0 aliphatic heterocycles. The van der Waals surface area contributed by atoms with Gasteiger partial charge in [-0.3, -0.25) is 4.79 Å². The maximum atomic E-state index is 14.0. The molecule has 4 aromatic rings. The molecule has 0 radical (unpaired) electrons. The minimum absolute atomic E-state index is 0.0194. The number of rotatable bonds is 11. The highest BCUT2D eigenvalue weighted by Gasteiger charge is 2.38. The summed E-state index contributed by atoms with van der Waals surface area (Å²) in [6.07, 6.45) is 13.6. The topological polar surface area (TPSA) is 17.1 Å². The first-order valence-corrected chi connectivity index (χ1v) is 29.0. The Morgan fingerprint density at radius 3 is 1.19 bits per heavy atom. The third-order valence-electron chi connectivity index (χ3n) is 16.3. The molecule has 0 amide bonds. The largest absolute Gasteiger partial charge is 0.299 e. The zero-order chi connectivity index (χ0) is 54.1. The van der Waals surface area contributed by atoms with Crippen LogP contribution in [0.15, 0.2) is 109 Å². The van der Waals surface area contributed by atoms with E-state index < -0.39 is 0 Å². The van der Waals surface area contributed by atoms with Gasteiger partial charge in [-0.1, -0.05) is 218 Å². The highest BCUT2D eigenvalue weighted by atomic mass is 35.5. The highest BCUT2D eigenvalue weighted by molar-refractivity contribution is 6.42. The Bertz CT molecular complexity index is 2450. The van der Waals surface area contributed by atoms with Gasteiger partial charge in [-0.25, -0.2) is 8.78 Å². The van der Waals surface area contributed by atoms with E-state index in [4.69, 9.17) is 69.6 Å². The summed E-state index contributed by atoms with van der Waals surface area (Å²) in [6, 6.07) is 21.9. The summed E-state index contributed by atoms with van der Waals surface area (Å²) in [6.45, 7) is 32.2. The van der Waals surface area contributed by atoms with Gasteiger partial charge in [0.1, 0.15) is 17.4 Å². The van der Waals surface area contributed by atoms with Crippen molar-refractivity contribution >= 4 is 75.4 Å². The van der Waals surface area contributed by atoms with Crippen LogP contribution in [0, 0.1) is 58.5 Å². The van der Waals surface area contributed by atoms with Gasteiger partial charge in [0.05, 0.1) is 20.1 Å². The molecule has 0 unspecified atom stereocenters. The van der Waals surface area contributed by atoms with E-state index in [1.165, 1.54) is 78.5 Å². The molecule has 0 bridgehead atoms. The van der Waals surface area contributed by atoms with Crippen molar-refractivity contribution in [3.63, 3.8) is 0 Å². The Balaban J connectivity index is 0.000000181. The van der Waals surface area contributed by atoms with Gasteiger partial charge < -0.3 is 0 Å². The lowest BCUT2D eigenvalue weighted by atomic mass is 9.74. The molecule has 0 spiro atoms. The SMILES string of the molecule is C=C(C(C)C)[C@H]1CCC[C@@H]1c1ccc(Cl)c(Cl)c1.C=C(C(C)C)[C@H]1CCC[C@@H]1c1ccc(Cl)cc1F.C=C([C@@H]1CCC[C@H]1c1ccc(Cl)c(Cl)c1)C(C)(C)C.CC(C)C(=O)[C@@H]1CCC[C@H]1c1ccc(Cl)cc1F. The van der Waals surface area contributed by atoms with Crippen LogP contribution < -0.4 is 0 Å². The van der Waals surface area contributed by atoms with E-state index in [0.717, 1.165) is 44.1 Å². The summed E-state index contributed by atoms with van der Waals surface area (Å²) in [7, 11) is 0. The molecule has 4 saturated carbocycles. The monoisotopic (exact) mass is 1110 g/mol. The fourth-order valence-corrected chi connectivity index (χ4v) is 12.9. The van der Waals surface area contributed by atoms with E-state index in [1.54, 1.807) is 18.2 Å². The van der Waals surface area contributed by atoms with Crippen molar-refractivity contribution in [1.29, 1.82) is 0 Å². The molecule has 8 atom stereocenters. The molecule has 8 rings (SSSR count). The molecule has 73 heavy (non-hydrogen) atoms. The van der Waals surface area contributed by atoms with Gasteiger partial charge in [0.25, 0.3) is 0 Å². The van der Waals surface area contributed by atoms with Gasteiger partial charge in [-0.15, -0.1) is 0 Å². The van der Waals surface area contributed by atoms with Crippen LogP contribution in [0.2, 0.25) is 30.1 Å². The maximum Gasteiger partial charge on any atom is 0.139 e. The molecular weight excluding hydrogens is 1040 g/mol. The van der Waals surface area contributed by atoms with Crippen molar-refractivity contribution in [1.82, 2.24) is 0 Å². The number of ketones is 1. The van der Waals surface area contributed by atoms with E-state index in [9.17, 15) is 13.6 Å². The summed E-state index contributed by atoms with van der Waals surface area (Å²) in [5.41, 5.74) is 8.25. The van der Waals surface area contributed by atoms with Gasteiger partial charge in [-0.2, -0.15) is 0 Å².